The van der Waals surface area contributed by atoms with Gasteiger partial charge in [0, 0.05) is 10.8 Å². The molecular weight excluding hydrogens is 593 g/mol. The second-order valence-electron chi connectivity index (χ2n) is 13.2. The molecule has 11 rings (SSSR count). The standard InChI is InChI=1S/C48H28O/c1-2-12-33-29(10-1)20-21-30-22-23-32(28-42(30)33)34-13-3-4-14-35(34)46-36-15-5-7-17-38(36)47(39-18-8-6-16-37(39)46)40-26-27-44-48-41(40)25-24-31-11-9-19-43(49-44)45(31)48/h1-28H. The van der Waals surface area contributed by atoms with Gasteiger partial charge in [-0.3, -0.25) is 0 Å². The zero-order chi connectivity index (χ0) is 32.1. The van der Waals surface area contributed by atoms with E-state index in [1.165, 1.54) is 98.0 Å². The molecule has 1 heterocycles. The minimum Gasteiger partial charge on any atom is -0.456 e. The smallest absolute Gasteiger partial charge is 0.136 e. The van der Waals surface area contributed by atoms with Crippen LogP contribution in [0.2, 0.25) is 0 Å². The van der Waals surface area contributed by atoms with E-state index in [0.717, 1.165) is 11.2 Å². The first-order chi connectivity index (χ1) is 24.3. The molecule has 0 aliphatic carbocycles. The quantitative estimate of drug-likeness (QED) is 0.141. The summed E-state index contributed by atoms with van der Waals surface area (Å²) in [4.78, 5) is 0. The average Bonchev–Trinajstić information content (AvgIpc) is 3.56. The highest BCUT2D eigenvalue weighted by Crippen LogP contribution is 2.49. The Morgan fingerprint density at radius 3 is 1.59 bits per heavy atom. The van der Waals surface area contributed by atoms with E-state index in [1.807, 2.05) is 0 Å². The molecule has 0 bridgehead atoms. The molecule has 0 amide bonds. The van der Waals surface area contributed by atoms with Crippen molar-refractivity contribution < 1.29 is 4.42 Å². The molecule has 0 spiro atoms. The molecule has 49 heavy (non-hydrogen) atoms. The first kappa shape index (κ1) is 26.6. The number of hydrogen-bond acceptors (Lipinski definition) is 1. The van der Waals surface area contributed by atoms with Gasteiger partial charge in [-0.15, -0.1) is 0 Å². The Balaban J connectivity index is 1.22. The van der Waals surface area contributed by atoms with E-state index < -0.39 is 0 Å². The molecule has 1 heteroatoms. The van der Waals surface area contributed by atoms with Crippen molar-refractivity contribution in [3.8, 4) is 33.4 Å². The van der Waals surface area contributed by atoms with Crippen LogP contribution >= 0.6 is 0 Å². The number of hydrogen-bond donors (Lipinski definition) is 0. The molecule has 0 fully saturated rings. The van der Waals surface area contributed by atoms with Crippen LogP contribution in [0, 0.1) is 0 Å². The van der Waals surface area contributed by atoms with E-state index in [4.69, 9.17) is 4.42 Å². The van der Waals surface area contributed by atoms with Crippen LogP contribution in [0.1, 0.15) is 0 Å². The first-order valence-corrected chi connectivity index (χ1v) is 16.9. The Kier molecular flexibility index (Phi) is 5.45. The van der Waals surface area contributed by atoms with Gasteiger partial charge < -0.3 is 4.42 Å². The monoisotopic (exact) mass is 620 g/mol. The second-order valence-corrected chi connectivity index (χ2v) is 13.2. The van der Waals surface area contributed by atoms with Gasteiger partial charge in [0.2, 0.25) is 0 Å². The third kappa shape index (κ3) is 3.76. The second kappa shape index (κ2) is 10.0. The van der Waals surface area contributed by atoms with Crippen LogP contribution in [-0.2, 0) is 0 Å². The molecule has 226 valence electrons. The molecule has 10 aromatic carbocycles. The lowest BCUT2D eigenvalue weighted by atomic mass is 9.82. The van der Waals surface area contributed by atoms with Crippen LogP contribution < -0.4 is 0 Å². The van der Waals surface area contributed by atoms with Gasteiger partial charge >= 0.3 is 0 Å². The van der Waals surface area contributed by atoms with Crippen LogP contribution in [0.15, 0.2) is 174 Å². The first-order valence-electron chi connectivity index (χ1n) is 16.9. The Labute approximate surface area is 282 Å². The topological polar surface area (TPSA) is 13.1 Å². The van der Waals surface area contributed by atoms with Gasteiger partial charge in [0.1, 0.15) is 11.2 Å². The lowest BCUT2D eigenvalue weighted by Gasteiger charge is -2.20. The van der Waals surface area contributed by atoms with E-state index in [9.17, 15) is 0 Å². The van der Waals surface area contributed by atoms with Gasteiger partial charge in [-0.1, -0.05) is 146 Å². The SMILES string of the molecule is c1ccc(-c2c3ccccc3c(-c3ccc4oc5cccc6ccc3c4c65)c3ccccc23)c(-c2ccc3ccc4ccccc4c3c2)c1. The molecule has 0 aliphatic rings. The summed E-state index contributed by atoms with van der Waals surface area (Å²) in [5.41, 5.74) is 9.34. The van der Waals surface area contributed by atoms with E-state index in [-0.39, 0.29) is 0 Å². The maximum Gasteiger partial charge on any atom is 0.136 e. The van der Waals surface area contributed by atoms with Crippen molar-refractivity contribution in [2.45, 2.75) is 0 Å². The zero-order valence-electron chi connectivity index (χ0n) is 26.6. The van der Waals surface area contributed by atoms with Crippen LogP contribution in [0.25, 0.3) is 109 Å². The molecule has 0 saturated carbocycles. The highest BCUT2D eigenvalue weighted by molar-refractivity contribution is 6.29. The van der Waals surface area contributed by atoms with Gasteiger partial charge in [0.25, 0.3) is 0 Å². The van der Waals surface area contributed by atoms with E-state index in [2.05, 4.69) is 170 Å². The van der Waals surface area contributed by atoms with Gasteiger partial charge in [0.05, 0.1) is 0 Å². The maximum atomic E-state index is 6.36. The Hall–Kier alpha value is -6.44. The van der Waals surface area contributed by atoms with E-state index in [1.54, 1.807) is 0 Å². The van der Waals surface area contributed by atoms with Gasteiger partial charge in [-0.25, -0.2) is 0 Å². The average molecular weight is 621 g/mol. The molecule has 0 atom stereocenters. The van der Waals surface area contributed by atoms with E-state index >= 15 is 0 Å². The number of benzene rings is 10. The summed E-state index contributed by atoms with van der Waals surface area (Å²) < 4.78 is 6.36. The van der Waals surface area contributed by atoms with Crippen molar-refractivity contribution in [3.63, 3.8) is 0 Å². The molecule has 0 aliphatic heterocycles. The molecule has 1 nitrogen and oxygen atoms in total. The van der Waals surface area contributed by atoms with Crippen molar-refractivity contribution >= 4 is 75.8 Å². The molecule has 0 N–H and O–H groups in total. The van der Waals surface area contributed by atoms with Crippen LogP contribution in [0.4, 0.5) is 0 Å². The Bertz CT molecular complexity index is 3050. The Morgan fingerprint density at radius 2 is 0.837 bits per heavy atom. The van der Waals surface area contributed by atoms with Gasteiger partial charge in [-0.05, 0) is 112 Å². The van der Waals surface area contributed by atoms with Gasteiger partial charge in [-0.2, -0.15) is 0 Å². The van der Waals surface area contributed by atoms with Crippen molar-refractivity contribution in [2.75, 3.05) is 0 Å². The predicted molar refractivity (Wildman–Crippen MR) is 209 cm³/mol. The third-order valence-corrected chi connectivity index (χ3v) is 10.6. The fourth-order valence-electron chi connectivity index (χ4n) is 8.50. The summed E-state index contributed by atoms with van der Waals surface area (Å²) in [6.07, 6.45) is 0. The molecule has 11 aromatic rings. The van der Waals surface area contributed by atoms with Crippen LogP contribution in [0.5, 0.6) is 0 Å². The summed E-state index contributed by atoms with van der Waals surface area (Å²) in [6.45, 7) is 0. The highest BCUT2D eigenvalue weighted by Gasteiger charge is 2.22. The number of fused-ring (bicyclic) bond motifs is 5. The fourth-order valence-corrected chi connectivity index (χ4v) is 8.50. The summed E-state index contributed by atoms with van der Waals surface area (Å²) in [7, 11) is 0. The summed E-state index contributed by atoms with van der Waals surface area (Å²) in [6, 6.07) is 62.2. The largest absolute Gasteiger partial charge is 0.456 e. The van der Waals surface area contributed by atoms with Crippen molar-refractivity contribution in [1.29, 1.82) is 0 Å². The normalized spacial score (nSPS) is 12.1. The molecule has 1 aromatic heterocycles. The zero-order valence-corrected chi connectivity index (χ0v) is 26.6. The van der Waals surface area contributed by atoms with Crippen LogP contribution in [-0.4, -0.2) is 0 Å². The fraction of sp³-hybridized carbons (Fsp3) is 0. The Morgan fingerprint density at radius 1 is 0.286 bits per heavy atom. The third-order valence-electron chi connectivity index (χ3n) is 10.6. The lowest BCUT2D eigenvalue weighted by Crippen LogP contribution is -1.93. The van der Waals surface area contributed by atoms with Crippen molar-refractivity contribution in [1.82, 2.24) is 0 Å². The summed E-state index contributed by atoms with van der Waals surface area (Å²) >= 11 is 0. The molecule has 0 unspecified atom stereocenters. The minimum atomic E-state index is 0.938. The van der Waals surface area contributed by atoms with Crippen molar-refractivity contribution in [3.05, 3.63) is 170 Å². The van der Waals surface area contributed by atoms with Gasteiger partial charge in [0.15, 0.2) is 0 Å². The summed E-state index contributed by atoms with van der Waals surface area (Å²) in [5, 5.41) is 14.9. The predicted octanol–water partition coefficient (Wildman–Crippen LogP) is 13.8. The van der Waals surface area contributed by atoms with Crippen LogP contribution in [0.3, 0.4) is 0 Å². The minimum absolute atomic E-state index is 0.938. The number of rotatable bonds is 3. The highest BCUT2D eigenvalue weighted by atomic mass is 16.3. The van der Waals surface area contributed by atoms with Crippen molar-refractivity contribution in [2.24, 2.45) is 0 Å². The molecule has 0 radical (unpaired) electrons. The molecule has 0 saturated heterocycles. The maximum absolute atomic E-state index is 6.36. The van der Waals surface area contributed by atoms with E-state index in [0.29, 0.717) is 0 Å². The summed E-state index contributed by atoms with van der Waals surface area (Å²) in [5.74, 6) is 0. The lowest BCUT2D eigenvalue weighted by molar-refractivity contribution is 0.669. The molecular formula is C48H28O. The number of furan rings is 1.